The van der Waals surface area contributed by atoms with Gasteiger partial charge in [0.05, 0.1) is 0 Å². The maximum absolute atomic E-state index is 2.35. The molecule has 4 aromatic rings. The van der Waals surface area contributed by atoms with Gasteiger partial charge in [0.1, 0.15) is 0 Å². The first kappa shape index (κ1) is 12.9. The number of rotatable bonds is 0. The highest BCUT2D eigenvalue weighted by Crippen LogP contribution is 2.45. The molecule has 0 atom stereocenters. The summed E-state index contributed by atoms with van der Waals surface area (Å²) in [6, 6.07) is 22.6. The minimum Gasteiger partial charge on any atom is -0.0616 e. The van der Waals surface area contributed by atoms with Crippen LogP contribution in [0.4, 0.5) is 0 Å². The Balaban J connectivity index is 2.09. The van der Waals surface area contributed by atoms with Crippen molar-refractivity contribution in [1.82, 2.24) is 0 Å². The van der Waals surface area contributed by atoms with Crippen LogP contribution in [-0.4, -0.2) is 0 Å². The smallest absolute Gasteiger partial charge is 0.00131 e. The lowest BCUT2D eigenvalue weighted by molar-refractivity contribution is 1.19. The normalized spacial score (nSPS) is 12.6. The molecule has 0 saturated carbocycles. The summed E-state index contributed by atoms with van der Waals surface area (Å²) >= 11 is 0. The van der Waals surface area contributed by atoms with Crippen molar-refractivity contribution >= 4 is 21.5 Å². The third-order valence-corrected chi connectivity index (χ3v) is 5.32. The first-order chi connectivity index (χ1) is 11.2. The predicted octanol–water partition coefficient (Wildman–Crippen LogP) is 6.18. The molecule has 0 amide bonds. The zero-order valence-corrected chi connectivity index (χ0v) is 13.5. The topological polar surface area (TPSA) is 0 Å². The fraction of sp³-hybridized carbons (Fsp3) is 0.130. The van der Waals surface area contributed by atoms with Crippen molar-refractivity contribution in [3.63, 3.8) is 0 Å². The second-order valence-electron chi connectivity index (χ2n) is 6.72. The molecule has 0 fully saturated rings. The van der Waals surface area contributed by atoms with Crippen LogP contribution < -0.4 is 0 Å². The lowest BCUT2D eigenvalue weighted by Gasteiger charge is -2.24. The van der Waals surface area contributed by atoms with Crippen LogP contribution in [0.2, 0.25) is 0 Å². The van der Waals surface area contributed by atoms with Gasteiger partial charge in [-0.05, 0) is 69.6 Å². The summed E-state index contributed by atoms with van der Waals surface area (Å²) in [7, 11) is 0. The summed E-state index contributed by atoms with van der Waals surface area (Å²) < 4.78 is 0. The minimum atomic E-state index is 1.04. The van der Waals surface area contributed by atoms with Crippen molar-refractivity contribution < 1.29 is 0 Å². The standard InChI is InChI=1S/C23H18/c1-14-10-11-20-17(12-14)13-16-6-5-9-19-15(2)18-7-3-4-8-21(18)23(20)22(16)19/h3-12H,13H2,1-2H3. The SMILES string of the molecule is Cc1ccc2c(c1)Cc1cccc3c(C)c4ccccc4c-2c13. The maximum atomic E-state index is 2.35. The van der Waals surface area contributed by atoms with E-state index < -0.39 is 0 Å². The lowest BCUT2D eigenvalue weighted by atomic mass is 9.79. The van der Waals surface area contributed by atoms with Crippen LogP contribution in [0.15, 0.2) is 60.7 Å². The molecule has 0 spiro atoms. The highest BCUT2D eigenvalue weighted by Gasteiger charge is 2.21. The van der Waals surface area contributed by atoms with Gasteiger partial charge in [-0.25, -0.2) is 0 Å². The Kier molecular flexibility index (Phi) is 2.50. The van der Waals surface area contributed by atoms with Crippen molar-refractivity contribution in [2.75, 3.05) is 0 Å². The van der Waals surface area contributed by atoms with E-state index >= 15 is 0 Å². The van der Waals surface area contributed by atoms with Crippen LogP contribution in [0.25, 0.3) is 32.7 Å². The average Bonchev–Trinajstić information content (AvgIpc) is 2.58. The number of hydrogen-bond donors (Lipinski definition) is 0. The van der Waals surface area contributed by atoms with Gasteiger partial charge in [0.15, 0.2) is 0 Å². The third-order valence-electron chi connectivity index (χ3n) is 5.32. The Morgan fingerprint density at radius 3 is 2.35 bits per heavy atom. The van der Waals surface area contributed by atoms with Crippen molar-refractivity contribution in [1.29, 1.82) is 0 Å². The molecular formula is C23H18. The zero-order chi connectivity index (χ0) is 15.6. The molecule has 0 unspecified atom stereocenters. The van der Waals surface area contributed by atoms with Gasteiger partial charge >= 0.3 is 0 Å². The minimum absolute atomic E-state index is 1.04. The molecule has 4 aromatic carbocycles. The molecule has 1 aliphatic rings. The second-order valence-corrected chi connectivity index (χ2v) is 6.72. The summed E-state index contributed by atoms with van der Waals surface area (Å²) in [6.45, 7) is 4.44. The highest BCUT2D eigenvalue weighted by molar-refractivity contribution is 6.17. The lowest BCUT2D eigenvalue weighted by Crippen LogP contribution is -2.03. The van der Waals surface area contributed by atoms with Crippen molar-refractivity contribution in [3.05, 3.63) is 82.9 Å². The summed E-state index contributed by atoms with van der Waals surface area (Å²) in [6.07, 6.45) is 1.04. The molecule has 0 saturated heterocycles. The first-order valence-corrected chi connectivity index (χ1v) is 8.27. The monoisotopic (exact) mass is 294 g/mol. The molecule has 0 bridgehead atoms. The molecular weight excluding hydrogens is 276 g/mol. The van der Waals surface area contributed by atoms with E-state index in [9.17, 15) is 0 Å². The summed E-state index contributed by atoms with van der Waals surface area (Å²) in [5, 5.41) is 5.62. The molecule has 110 valence electrons. The van der Waals surface area contributed by atoms with E-state index in [4.69, 9.17) is 0 Å². The molecule has 23 heavy (non-hydrogen) atoms. The molecule has 1 aliphatic carbocycles. The molecule has 5 rings (SSSR count). The van der Waals surface area contributed by atoms with E-state index in [1.807, 2.05) is 0 Å². The van der Waals surface area contributed by atoms with Gasteiger partial charge in [-0.2, -0.15) is 0 Å². The van der Waals surface area contributed by atoms with Gasteiger partial charge in [-0.3, -0.25) is 0 Å². The first-order valence-electron chi connectivity index (χ1n) is 8.27. The number of fused-ring (bicyclic) bond motifs is 4. The average molecular weight is 294 g/mol. The number of benzene rings is 4. The predicted molar refractivity (Wildman–Crippen MR) is 99.2 cm³/mol. The summed E-state index contributed by atoms with van der Waals surface area (Å²) in [4.78, 5) is 0. The molecule has 0 heterocycles. The van der Waals surface area contributed by atoms with Crippen molar-refractivity contribution in [3.8, 4) is 11.1 Å². The van der Waals surface area contributed by atoms with Gasteiger partial charge in [-0.1, -0.05) is 66.2 Å². The van der Waals surface area contributed by atoms with Crippen LogP contribution >= 0.6 is 0 Å². The van der Waals surface area contributed by atoms with Crippen LogP contribution in [0.5, 0.6) is 0 Å². The van der Waals surface area contributed by atoms with Gasteiger partial charge in [-0.15, -0.1) is 0 Å². The Morgan fingerprint density at radius 2 is 1.48 bits per heavy atom. The van der Waals surface area contributed by atoms with Gasteiger partial charge in [0.25, 0.3) is 0 Å². The Bertz CT molecular complexity index is 1100. The van der Waals surface area contributed by atoms with E-state index in [1.165, 1.54) is 54.9 Å². The molecule has 0 aromatic heterocycles. The van der Waals surface area contributed by atoms with Crippen LogP contribution in [0.1, 0.15) is 22.3 Å². The number of aryl methyl sites for hydroxylation is 2. The molecule has 0 heteroatoms. The maximum Gasteiger partial charge on any atom is -0.00131 e. The fourth-order valence-corrected chi connectivity index (χ4v) is 4.26. The van der Waals surface area contributed by atoms with E-state index in [0.717, 1.165) is 6.42 Å². The van der Waals surface area contributed by atoms with Crippen molar-refractivity contribution in [2.24, 2.45) is 0 Å². The second kappa shape index (κ2) is 4.45. The number of hydrogen-bond acceptors (Lipinski definition) is 0. The van der Waals surface area contributed by atoms with Gasteiger partial charge in [0.2, 0.25) is 0 Å². The third kappa shape index (κ3) is 1.66. The van der Waals surface area contributed by atoms with Gasteiger partial charge in [0, 0.05) is 0 Å². The Hall–Kier alpha value is -2.60. The van der Waals surface area contributed by atoms with Gasteiger partial charge < -0.3 is 0 Å². The van der Waals surface area contributed by atoms with E-state index in [-0.39, 0.29) is 0 Å². The van der Waals surface area contributed by atoms with E-state index in [0.29, 0.717) is 0 Å². The quantitative estimate of drug-likeness (QED) is 0.299. The summed E-state index contributed by atoms with van der Waals surface area (Å²) in [5.74, 6) is 0. The molecule has 0 nitrogen and oxygen atoms in total. The molecule has 0 N–H and O–H groups in total. The fourth-order valence-electron chi connectivity index (χ4n) is 4.26. The molecule has 0 aliphatic heterocycles. The Morgan fingerprint density at radius 1 is 0.696 bits per heavy atom. The van der Waals surface area contributed by atoms with E-state index in [2.05, 4.69) is 74.5 Å². The van der Waals surface area contributed by atoms with Crippen molar-refractivity contribution in [2.45, 2.75) is 20.3 Å². The van der Waals surface area contributed by atoms with Crippen LogP contribution in [0.3, 0.4) is 0 Å². The Labute approximate surface area is 136 Å². The van der Waals surface area contributed by atoms with E-state index in [1.54, 1.807) is 0 Å². The largest absolute Gasteiger partial charge is 0.0616 e. The molecule has 0 radical (unpaired) electrons. The van der Waals surface area contributed by atoms with Crippen LogP contribution in [0, 0.1) is 13.8 Å². The zero-order valence-electron chi connectivity index (χ0n) is 13.5. The van der Waals surface area contributed by atoms with Crippen LogP contribution in [-0.2, 0) is 6.42 Å². The highest BCUT2D eigenvalue weighted by atomic mass is 14.2. The summed E-state index contributed by atoms with van der Waals surface area (Å²) in [5.41, 5.74) is 8.50.